The van der Waals surface area contributed by atoms with E-state index in [1.165, 1.54) is 12.1 Å². The lowest BCUT2D eigenvalue weighted by atomic mass is 10.0. The van der Waals surface area contributed by atoms with Crippen LogP contribution < -0.4 is 5.32 Å². The van der Waals surface area contributed by atoms with Gasteiger partial charge < -0.3 is 5.32 Å². The van der Waals surface area contributed by atoms with Crippen molar-refractivity contribution in [2.75, 3.05) is 13.1 Å². The monoisotopic (exact) mass is 351 g/mol. The highest BCUT2D eigenvalue weighted by atomic mass is 19.1. The largest absolute Gasteiger partial charge is 0.353 e. The molecule has 7 heteroatoms. The van der Waals surface area contributed by atoms with Crippen LogP contribution in [-0.4, -0.2) is 38.4 Å². The normalized spacial score (nSPS) is 17.9. The van der Waals surface area contributed by atoms with Crippen molar-refractivity contribution in [3.63, 3.8) is 0 Å². The van der Waals surface area contributed by atoms with Gasteiger partial charge in [-0.05, 0) is 35.9 Å². The Labute approximate surface area is 150 Å². The van der Waals surface area contributed by atoms with Gasteiger partial charge in [-0.1, -0.05) is 12.1 Å². The zero-order chi connectivity index (χ0) is 17.9. The number of hydrogen-bond acceptors (Lipinski definition) is 4. The smallest absolute Gasteiger partial charge is 0.242 e. The van der Waals surface area contributed by atoms with E-state index >= 15 is 0 Å². The maximum Gasteiger partial charge on any atom is 0.242 e. The molecule has 1 aliphatic heterocycles. The molecule has 0 unspecified atom stereocenters. The minimum absolute atomic E-state index is 0.0723. The second-order valence-corrected chi connectivity index (χ2v) is 6.13. The first-order valence-corrected chi connectivity index (χ1v) is 8.43. The molecule has 1 N–H and O–H groups in total. The summed E-state index contributed by atoms with van der Waals surface area (Å²) in [6.07, 6.45) is 5.30. The van der Waals surface area contributed by atoms with Crippen molar-refractivity contribution >= 4 is 5.91 Å². The molecular formula is C19H18FN5O. The molecule has 1 atom stereocenters. The molecule has 0 aliphatic carbocycles. The van der Waals surface area contributed by atoms with E-state index in [1.807, 2.05) is 22.9 Å². The van der Waals surface area contributed by atoms with Gasteiger partial charge in [0.1, 0.15) is 11.9 Å². The molecule has 1 fully saturated rings. The lowest BCUT2D eigenvalue weighted by Crippen LogP contribution is -2.49. The number of amides is 1. The van der Waals surface area contributed by atoms with Crippen LogP contribution in [0.25, 0.3) is 5.95 Å². The molecule has 6 nitrogen and oxygen atoms in total. The Morgan fingerprint density at radius 2 is 1.88 bits per heavy atom. The van der Waals surface area contributed by atoms with E-state index in [9.17, 15) is 9.18 Å². The van der Waals surface area contributed by atoms with Crippen molar-refractivity contribution < 1.29 is 9.18 Å². The highest BCUT2D eigenvalue weighted by molar-refractivity contribution is 5.83. The fourth-order valence-corrected chi connectivity index (χ4v) is 3.26. The predicted octanol–water partition coefficient (Wildman–Crippen LogP) is 2.08. The minimum atomic E-state index is -0.454. The number of carbonyl (C=O) groups is 1. The second-order valence-electron chi connectivity index (χ2n) is 6.13. The summed E-state index contributed by atoms with van der Waals surface area (Å²) in [5.41, 5.74) is 1.76. The zero-order valence-electron chi connectivity index (χ0n) is 14.0. The summed E-state index contributed by atoms with van der Waals surface area (Å²) in [5, 5.41) is 2.90. The number of benzene rings is 1. The molecule has 1 saturated heterocycles. The Kier molecular flexibility index (Phi) is 4.45. The standard InChI is InChI=1S/C19H18FN5O/c20-15-6-4-14(5-7-15)17-18(26)21-10-12-24(17)13-16-3-1-11-25(16)19-22-8-2-9-23-19/h1-9,11,17H,10,12-13H2,(H,21,26)/t17-/m1/s1. The number of nitrogens with one attached hydrogen (secondary N) is 1. The average Bonchev–Trinajstić information content (AvgIpc) is 3.12. The van der Waals surface area contributed by atoms with E-state index in [4.69, 9.17) is 0 Å². The topological polar surface area (TPSA) is 63.1 Å². The number of halogens is 1. The van der Waals surface area contributed by atoms with Crippen LogP contribution in [0.1, 0.15) is 17.3 Å². The Balaban J connectivity index is 1.63. The Morgan fingerprint density at radius 3 is 2.65 bits per heavy atom. The van der Waals surface area contributed by atoms with Crippen molar-refractivity contribution in [2.24, 2.45) is 0 Å². The van der Waals surface area contributed by atoms with Crippen molar-refractivity contribution in [3.05, 3.63) is 78.1 Å². The Hall–Kier alpha value is -3.06. The van der Waals surface area contributed by atoms with Crippen LogP contribution in [0, 0.1) is 5.82 Å². The molecule has 26 heavy (non-hydrogen) atoms. The van der Waals surface area contributed by atoms with E-state index in [2.05, 4.69) is 20.2 Å². The molecular weight excluding hydrogens is 333 g/mol. The third kappa shape index (κ3) is 3.21. The molecule has 3 aromatic rings. The van der Waals surface area contributed by atoms with Gasteiger partial charge in [0.15, 0.2) is 0 Å². The van der Waals surface area contributed by atoms with Crippen LogP contribution >= 0.6 is 0 Å². The number of rotatable bonds is 4. The van der Waals surface area contributed by atoms with Crippen LogP contribution in [0.15, 0.2) is 61.1 Å². The highest BCUT2D eigenvalue weighted by Gasteiger charge is 2.31. The molecule has 0 bridgehead atoms. The first kappa shape index (κ1) is 16.4. The van der Waals surface area contributed by atoms with Gasteiger partial charge in [-0.15, -0.1) is 0 Å². The van der Waals surface area contributed by atoms with Gasteiger partial charge >= 0.3 is 0 Å². The van der Waals surface area contributed by atoms with Crippen molar-refractivity contribution in [3.8, 4) is 5.95 Å². The fraction of sp³-hybridized carbons (Fsp3) is 0.211. The van der Waals surface area contributed by atoms with Crippen LogP contribution in [0.3, 0.4) is 0 Å². The molecule has 2 aromatic heterocycles. The van der Waals surface area contributed by atoms with Gasteiger partial charge in [0.25, 0.3) is 0 Å². The van der Waals surface area contributed by atoms with Gasteiger partial charge in [0.2, 0.25) is 11.9 Å². The van der Waals surface area contributed by atoms with Crippen LogP contribution in [-0.2, 0) is 11.3 Å². The van der Waals surface area contributed by atoms with Gasteiger partial charge in [-0.2, -0.15) is 0 Å². The predicted molar refractivity (Wildman–Crippen MR) is 93.9 cm³/mol. The first-order valence-electron chi connectivity index (χ1n) is 8.43. The summed E-state index contributed by atoms with van der Waals surface area (Å²) in [4.78, 5) is 23.2. The van der Waals surface area contributed by atoms with Crippen molar-refractivity contribution in [1.29, 1.82) is 0 Å². The molecule has 132 valence electrons. The number of nitrogens with zero attached hydrogens (tertiary/aromatic N) is 4. The summed E-state index contributed by atoms with van der Waals surface area (Å²) in [6, 6.07) is 11.3. The highest BCUT2D eigenvalue weighted by Crippen LogP contribution is 2.26. The lowest BCUT2D eigenvalue weighted by molar-refractivity contribution is -0.129. The van der Waals surface area contributed by atoms with E-state index in [0.29, 0.717) is 25.6 Å². The molecule has 0 saturated carbocycles. The summed E-state index contributed by atoms with van der Waals surface area (Å²) in [5.74, 6) is 0.204. The summed E-state index contributed by atoms with van der Waals surface area (Å²) in [7, 11) is 0. The third-order valence-electron chi connectivity index (χ3n) is 4.46. The number of hydrogen-bond donors (Lipinski definition) is 1. The molecule has 1 amide bonds. The van der Waals surface area contributed by atoms with E-state index in [1.54, 1.807) is 30.6 Å². The second kappa shape index (κ2) is 7.05. The Bertz CT molecular complexity index is 894. The number of carbonyl (C=O) groups excluding carboxylic acids is 1. The average molecular weight is 351 g/mol. The van der Waals surface area contributed by atoms with Crippen molar-refractivity contribution in [2.45, 2.75) is 12.6 Å². The lowest BCUT2D eigenvalue weighted by Gasteiger charge is -2.35. The summed E-state index contributed by atoms with van der Waals surface area (Å²) < 4.78 is 15.2. The molecule has 0 radical (unpaired) electrons. The minimum Gasteiger partial charge on any atom is -0.353 e. The van der Waals surface area contributed by atoms with Crippen LogP contribution in [0.2, 0.25) is 0 Å². The SMILES string of the molecule is O=C1NCCN(Cc2cccn2-c2ncccn2)[C@@H]1c1ccc(F)cc1. The van der Waals surface area contributed by atoms with E-state index in [0.717, 1.165) is 11.3 Å². The van der Waals surface area contributed by atoms with Gasteiger partial charge in [0.05, 0.1) is 0 Å². The summed E-state index contributed by atoms with van der Waals surface area (Å²) in [6.45, 7) is 1.84. The number of piperazine rings is 1. The third-order valence-corrected chi connectivity index (χ3v) is 4.46. The summed E-state index contributed by atoms with van der Waals surface area (Å²) >= 11 is 0. The van der Waals surface area contributed by atoms with E-state index in [-0.39, 0.29) is 11.7 Å². The zero-order valence-corrected chi connectivity index (χ0v) is 14.0. The molecule has 1 aromatic carbocycles. The van der Waals surface area contributed by atoms with Crippen molar-refractivity contribution in [1.82, 2.24) is 24.8 Å². The first-order chi connectivity index (χ1) is 12.7. The molecule has 4 rings (SSSR count). The molecule has 3 heterocycles. The molecule has 0 spiro atoms. The van der Waals surface area contributed by atoms with E-state index < -0.39 is 6.04 Å². The molecule has 1 aliphatic rings. The van der Waals surface area contributed by atoms with Crippen LogP contribution in [0.4, 0.5) is 4.39 Å². The van der Waals surface area contributed by atoms with Gasteiger partial charge in [0, 0.05) is 43.9 Å². The van der Waals surface area contributed by atoms with Crippen LogP contribution in [0.5, 0.6) is 0 Å². The van der Waals surface area contributed by atoms with Gasteiger partial charge in [-0.3, -0.25) is 14.3 Å². The maximum atomic E-state index is 13.3. The fourth-order valence-electron chi connectivity index (χ4n) is 3.26. The Morgan fingerprint density at radius 1 is 1.12 bits per heavy atom. The van der Waals surface area contributed by atoms with Gasteiger partial charge in [-0.25, -0.2) is 14.4 Å². The number of aromatic nitrogens is 3. The maximum absolute atomic E-state index is 13.3. The quantitative estimate of drug-likeness (QED) is 0.782.